The topological polar surface area (TPSA) is 18.5 Å². The van der Waals surface area contributed by atoms with Crippen molar-refractivity contribution in [1.82, 2.24) is 0 Å². The second-order valence-electron chi connectivity index (χ2n) is 12.7. The van der Waals surface area contributed by atoms with E-state index in [0.29, 0.717) is 13.2 Å². The van der Waals surface area contributed by atoms with E-state index < -0.39 is 0 Å². The zero-order valence-electron chi connectivity index (χ0n) is 28.0. The third-order valence-corrected chi connectivity index (χ3v) is 9.12. The first kappa shape index (κ1) is 31.7. The van der Waals surface area contributed by atoms with Crippen LogP contribution in [-0.2, 0) is 26.1 Å². The van der Waals surface area contributed by atoms with Gasteiger partial charge in [-0.15, -0.1) is 0 Å². The molecule has 7 aromatic carbocycles. The van der Waals surface area contributed by atoms with E-state index >= 15 is 0 Å². The number of ether oxygens (including phenoxy) is 2. The zero-order chi connectivity index (χ0) is 33.6. The van der Waals surface area contributed by atoms with Crippen molar-refractivity contribution >= 4 is 33.7 Å². The predicted octanol–water partition coefficient (Wildman–Crippen LogP) is 11.9. The molecule has 0 saturated heterocycles. The number of aryl methyl sites for hydroxylation is 1. The van der Waals surface area contributed by atoms with E-state index in [2.05, 4.69) is 160 Å². The molecule has 7 aromatic rings. The molecule has 0 unspecified atom stereocenters. The summed E-state index contributed by atoms with van der Waals surface area (Å²) >= 11 is 0. The van der Waals surface area contributed by atoms with E-state index in [9.17, 15) is 0 Å². The van der Waals surface area contributed by atoms with Crippen LogP contribution in [0.1, 0.15) is 50.1 Å². The molecule has 0 atom stereocenters. The van der Waals surface area contributed by atoms with E-state index in [1.165, 1.54) is 38.6 Å². The van der Waals surface area contributed by atoms with Gasteiger partial charge >= 0.3 is 0 Å². The number of rotatable bonds is 12. The van der Waals surface area contributed by atoms with Gasteiger partial charge in [-0.05, 0) is 86.8 Å². The lowest BCUT2D eigenvalue weighted by molar-refractivity contribution is 0.307. The Balaban J connectivity index is 1.12. The molecule has 7 rings (SSSR count). The Morgan fingerprint density at radius 1 is 0.490 bits per heavy atom. The Morgan fingerprint density at radius 3 is 1.78 bits per heavy atom. The normalized spacial score (nSPS) is 11.0. The molecule has 0 aromatic heterocycles. The standard InChI is InChI=1S/C47H40O2/c1-4-34-13-17-36(18-14-34)31-48-46-11-7-10-41-23-21-40(30-44(41)46)28-38-8-6-9-39(27-38)29-43-25-24-42-22-12-33(3)26-45(42)47(43)49-32-37-19-15-35(5-2)16-20-37/h4-27,30H,1-2,28-29,31-32H2,3H3. The van der Waals surface area contributed by atoms with Crippen LogP contribution in [0.15, 0.2) is 153 Å². The fourth-order valence-electron chi connectivity index (χ4n) is 6.41. The van der Waals surface area contributed by atoms with Gasteiger partial charge in [0.05, 0.1) is 0 Å². The van der Waals surface area contributed by atoms with Gasteiger partial charge in [-0.1, -0.05) is 152 Å². The highest BCUT2D eigenvalue weighted by Gasteiger charge is 2.12. The molecule has 0 saturated carbocycles. The first-order chi connectivity index (χ1) is 24.0. The van der Waals surface area contributed by atoms with Crippen molar-refractivity contribution in [1.29, 1.82) is 0 Å². The Bertz CT molecular complexity index is 2260. The molecule has 0 radical (unpaired) electrons. The highest BCUT2D eigenvalue weighted by atomic mass is 16.5. The first-order valence-corrected chi connectivity index (χ1v) is 16.8. The van der Waals surface area contributed by atoms with E-state index in [4.69, 9.17) is 9.47 Å². The van der Waals surface area contributed by atoms with Crippen LogP contribution in [0.25, 0.3) is 33.7 Å². The van der Waals surface area contributed by atoms with Gasteiger partial charge in [0.15, 0.2) is 0 Å². The van der Waals surface area contributed by atoms with Gasteiger partial charge in [0.2, 0.25) is 0 Å². The Morgan fingerprint density at radius 2 is 1.06 bits per heavy atom. The minimum atomic E-state index is 0.507. The van der Waals surface area contributed by atoms with Crippen LogP contribution in [0.5, 0.6) is 11.5 Å². The summed E-state index contributed by atoms with van der Waals surface area (Å²) in [7, 11) is 0. The molecular weight excluding hydrogens is 597 g/mol. The van der Waals surface area contributed by atoms with Crippen molar-refractivity contribution < 1.29 is 9.47 Å². The fraction of sp³-hybridized carbons (Fsp3) is 0.106. The molecule has 0 fully saturated rings. The predicted molar refractivity (Wildman–Crippen MR) is 206 cm³/mol. The maximum Gasteiger partial charge on any atom is 0.131 e. The second kappa shape index (κ2) is 14.5. The minimum Gasteiger partial charge on any atom is -0.488 e. The zero-order valence-corrected chi connectivity index (χ0v) is 28.0. The average molecular weight is 637 g/mol. The van der Waals surface area contributed by atoms with Crippen LogP contribution in [0.3, 0.4) is 0 Å². The van der Waals surface area contributed by atoms with Crippen LogP contribution < -0.4 is 9.47 Å². The molecule has 0 aliphatic carbocycles. The van der Waals surface area contributed by atoms with E-state index in [1.807, 2.05) is 12.2 Å². The number of fused-ring (bicyclic) bond motifs is 2. The highest BCUT2D eigenvalue weighted by molar-refractivity contribution is 5.90. The molecule has 0 spiro atoms. The van der Waals surface area contributed by atoms with E-state index in [0.717, 1.165) is 57.4 Å². The summed E-state index contributed by atoms with van der Waals surface area (Å²) in [5.41, 5.74) is 10.7. The molecule has 0 aliphatic heterocycles. The largest absolute Gasteiger partial charge is 0.488 e. The summed E-state index contributed by atoms with van der Waals surface area (Å²) in [4.78, 5) is 0. The molecule has 0 heterocycles. The van der Waals surface area contributed by atoms with Crippen LogP contribution in [0, 0.1) is 6.92 Å². The van der Waals surface area contributed by atoms with Crippen LogP contribution in [0.2, 0.25) is 0 Å². The highest BCUT2D eigenvalue weighted by Crippen LogP contribution is 2.34. The van der Waals surface area contributed by atoms with Gasteiger partial charge in [-0.2, -0.15) is 0 Å². The smallest absolute Gasteiger partial charge is 0.131 e. The molecule has 2 nitrogen and oxygen atoms in total. The Labute approximate surface area is 289 Å². The summed E-state index contributed by atoms with van der Waals surface area (Å²) in [6.45, 7) is 10.9. The number of benzene rings is 7. The van der Waals surface area contributed by atoms with E-state index in [-0.39, 0.29) is 0 Å². The van der Waals surface area contributed by atoms with Crippen LogP contribution in [0.4, 0.5) is 0 Å². The quantitative estimate of drug-likeness (QED) is 0.133. The van der Waals surface area contributed by atoms with Crippen LogP contribution >= 0.6 is 0 Å². The SMILES string of the molecule is C=Cc1ccc(COc2cccc3ccc(Cc4cccc(Cc5ccc6ccc(C)cc6c5OCc5ccc(C=C)cc5)c4)cc23)cc1. The molecule has 0 bridgehead atoms. The second-order valence-corrected chi connectivity index (χ2v) is 12.7. The van der Waals surface area contributed by atoms with Crippen molar-refractivity contribution in [3.63, 3.8) is 0 Å². The van der Waals surface area contributed by atoms with Gasteiger partial charge in [0, 0.05) is 17.2 Å². The summed E-state index contributed by atoms with van der Waals surface area (Å²) in [5.74, 6) is 1.86. The molecule has 0 N–H and O–H groups in total. The van der Waals surface area contributed by atoms with Gasteiger partial charge in [-0.3, -0.25) is 0 Å². The average Bonchev–Trinajstić information content (AvgIpc) is 3.14. The van der Waals surface area contributed by atoms with Gasteiger partial charge in [-0.25, -0.2) is 0 Å². The van der Waals surface area contributed by atoms with Gasteiger partial charge in [0.1, 0.15) is 24.7 Å². The van der Waals surface area contributed by atoms with Crippen molar-refractivity contribution in [3.05, 3.63) is 203 Å². The lowest BCUT2D eigenvalue weighted by Crippen LogP contribution is -2.01. The third-order valence-electron chi connectivity index (χ3n) is 9.12. The number of hydrogen-bond donors (Lipinski definition) is 0. The maximum absolute atomic E-state index is 6.63. The molecule has 240 valence electrons. The lowest BCUT2D eigenvalue weighted by atomic mass is 9.95. The number of hydrogen-bond acceptors (Lipinski definition) is 2. The summed E-state index contributed by atoms with van der Waals surface area (Å²) in [6.07, 6.45) is 5.34. The maximum atomic E-state index is 6.63. The summed E-state index contributed by atoms with van der Waals surface area (Å²) in [5, 5.41) is 4.64. The van der Waals surface area contributed by atoms with Crippen molar-refractivity contribution in [2.24, 2.45) is 0 Å². The summed E-state index contributed by atoms with van der Waals surface area (Å²) < 4.78 is 13.0. The van der Waals surface area contributed by atoms with Crippen LogP contribution in [-0.4, -0.2) is 0 Å². The Hall–Kier alpha value is -5.86. The third kappa shape index (κ3) is 7.50. The monoisotopic (exact) mass is 636 g/mol. The molecule has 2 heteroatoms. The van der Waals surface area contributed by atoms with Crippen molar-refractivity contribution in [2.45, 2.75) is 33.0 Å². The van der Waals surface area contributed by atoms with Gasteiger partial charge < -0.3 is 9.47 Å². The van der Waals surface area contributed by atoms with Gasteiger partial charge in [0.25, 0.3) is 0 Å². The minimum absolute atomic E-state index is 0.507. The van der Waals surface area contributed by atoms with Crippen molar-refractivity contribution in [2.75, 3.05) is 0 Å². The van der Waals surface area contributed by atoms with E-state index in [1.54, 1.807) is 0 Å². The molecule has 49 heavy (non-hydrogen) atoms. The first-order valence-electron chi connectivity index (χ1n) is 16.8. The molecular formula is C47H40O2. The molecule has 0 aliphatic rings. The lowest BCUT2D eigenvalue weighted by Gasteiger charge is -2.16. The molecule has 0 amide bonds. The Kier molecular flexibility index (Phi) is 9.39. The van der Waals surface area contributed by atoms with Crippen molar-refractivity contribution in [3.8, 4) is 11.5 Å². The summed E-state index contributed by atoms with van der Waals surface area (Å²) in [6, 6.07) is 49.6. The fourth-order valence-corrected chi connectivity index (χ4v) is 6.41.